The van der Waals surface area contributed by atoms with Crippen LogP contribution in [0.3, 0.4) is 0 Å². The number of pyridine rings is 1. The van der Waals surface area contributed by atoms with Crippen LogP contribution in [0.15, 0.2) is 60.0 Å². The molecule has 4 heteroatoms. The summed E-state index contributed by atoms with van der Waals surface area (Å²) in [5, 5.41) is 3.96. The van der Waals surface area contributed by atoms with E-state index in [9.17, 15) is 4.79 Å². The number of hydrazone groups is 1. The Bertz CT molecular complexity index is 579. The molecule has 0 aliphatic rings. The zero-order valence-corrected chi connectivity index (χ0v) is 10.8. The summed E-state index contributed by atoms with van der Waals surface area (Å²) in [4.78, 5) is 11.6. The highest BCUT2D eigenvalue weighted by Crippen LogP contribution is 2.02. The number of aryl methyl sites for hydroxylation is 1. The maximum absolute atomic E-state index is 11.6. The normalized spacial score (nSPS) is 10.6. The quantitative estimate of drug-likeness (QED) is 0.501. The third kappa shape index (κ3) is 4.03. The lowest BCUT2D eigenvalue weighted by Gasteiger charge is -1.99. The number of benzene rings is 1. The van der Waals surface area contributed by atoms with Gasteiger partial charge in [-0.25, -0.2) is 5.43 Å². The van der Waals surface area contributed by atoms with Gasteiger partial charge in [-0.2, -0.15) is 9.67 Å². The second-order valence-electron chi connectivity index (χ2n) is 4.20. The molecule has 0 saturated carbocycles. The summed E-state index contributed by atoms with van der Waals surface area (Å²) in [6.45, 7) is 2.26. The van der Waals surface area contributed by atoms with E-state index in [1.165, 1.54) is 0 Å². The maximum atomic E-state index is 11.6. The second kappa shape index (κ2) is 6.44. The highest BCUT2D eigenvalue weighted by Gasteiger charge is 2.06. The number of carbonyl (C=O) groups excluding carboxylic acids is 1. The van der Waals surface area contributed by atoms with Crippen molar-refractivity contribution in [2.75, 3.05) is 0 Å². The standard InChI is InChI=1S/C15H15N3O/c1-13-7-3-4-8-14(13)11-16-17-15(19)12-18-9-5-2-6-10-18/h2-11H,12H2,1H3/p+1/b16-11+. The van der Waals surface area contributed by atoms with E-state index in [-0.39, 0.29) is 12.5 Å². The summed E-state index contributed by atoms with van der Waals surface area (Å²) in [5.74, 6) is -0.152. The Labute approximate surface area is 112 Å². The molecule has 0 bridgehead atoms. The van der Waals surface area contributed by atoms with Gasteiger partial charge in [0.25, 0.3) is 0 Å². The average Bonchev–Trinajstić information content (AvgIpc) is 2.42. The average molecular weight is 254 g/mol. The Kier molecular flexibility index (Phi) is 4.39. The number of hydrogen-bond donors (Lipinski definition) is 1. The first-order chi connectivity index (χ1) is 9.25. The number of aromatic nitrogens is 1. The first-order valence-electron chi connectivity index (χ1n) is 6.07. The van der Waals surface area contributed by atoms with Crippen molar-refractivity contribution in [3.63, 3.8) is 0 Å². The summed E-state index contributed by atoms with van der Waals surface area (Å²) >= 11 is 0. The van der Waals surface area contributed by atoms with E-state index in [4.69, 9.17) is 0 Å². The molecule has 1 aromatic carbocycles. The minimum Gasteiger partial charge on any atom is -0.266 e. The summed E-state index contributed by atoms with van der Waals surface area (Å²) in [6, 6.07) is 13.5. The molecule has 0 spiro atoms. The van der Waals surface area contributed by atoms with Gasteiger partial charge in [-0.15, -0.1) is 0 Å². The van der Waals surface area contributed by atoms with E-state index in [0.717, 1.165) is 11.1 Å². The Morgan fingerprint density at radius 1 is 1.21 bits per heavy atom. The van der Waals surface area contributed by atoms with Gasteiger partial charge in [0.05, 0.1) is 6.21 Å². The van der Waals surface area contributed by atoms with E-state index < -0.39 is 0 Å². The molecular weight excluding hydrogens is 238 g/mol. The van der Waals surface area contributed by atoms with Crippen molar-refractivity contribution in [3.8, 4) is 0 Å². The molecule has 0 saturated heterocycles. The minimum absolute atomic E-state index is 0.152. The zero-order valence-electron chi connectivity index (χ0n) is 10.8. The molecule has 19 heavy (non-hydrogen) atoms. The van der Waals surface area contributed by atoms with Crippen LogP contribution in [0.2, 0.25) is 0 Å². The highest BCUT2D eigenvalue weighted by molar-refractivity contribution is 5.83. The predicted octanol–water partition coefficient (Wildman–Crippen LogP) is 1.43. The van der Waals surface area contributed by atoms with Crippen LogP contribution in [0.25, 0.3) is 0 Å². The molecule has 2 rings (SSSR count). The fourth-order valence-electron chi connectivity index (χ4n) is 1.65. The number of amides is 1. The Hall–Kier alpha value is -2.49. The third-order valence-electron chi connectivity index (χ3n) is 2.68. The molecule has 2 aromatic rings. The lowest BCUT2D eigenvalue weighted by Crippen LogP contribution is -2.40. The second-order valence-corrected chi connectivity index (χ2v) is 4.20. The molecule has 0 radical (unpaired) electrons. The lowest BCUT2D eigenvalue weighted by atomic mass is 10.1. The van der Waals surface area contributed by atoms with E-state index >= 15 is 0 Å². The predicted molar refractivity (Wildman–Crippen MR) is 73.6 cm³/mol. The van der Waals surface area contributed by atoms with Crippen LogP contribution in [0.5, 0.6) is 0 Å². The Balaban J connectivity index is 1.89. The lowest BCUT2D eigenvalue weighted by molar-refractivity contribution is -0.684. The molecule has 0 unspecified atom stereocenters. The topological polar surface area (TPSA) is 45.3 Å². The van der Waals surface area contributed by atoms with Crippen LogP contribution < -0.4 is 9.99 Å². The molecule has 96 valence electrons. The van der Waals surface area contributed by atoms with Crippen LogP contribution in [0, 0.1) is 6.92 Å². The first kappa shape index (κ1) is 13.0. The smallest absolute Gasteiger partial charge is 0.266 e. The minimum atomic E-state index is -0.152. The van der Waals surface area contributed by atoms with Crippen molar-refractivity contribution in [2.45, 2.75) is 13.5 Å². The number of nitrogens with one attached hydrogen (secondary N) is 1. The van der Waals surface area contributed by atoms with Crippen LogP contribution in [0.1, 0.15) is 11.1 Å². The third-order valence-corrected chi connectivity index (χ3v) is 2.68. The largest absolute Gasteiger partial charge is 0.305 e. The van der Waals surface area contributed by atoms with E-state index in [1.807, 2.05) is 61.8 Å². The maximum Gasteiger partial charge on any atom is 0.305 e. The van der Waals surface area contributed by atoms with Crippen LogP contribution in [-0.2, 0) is 11.3 Å². The van der Waals surface area contributed by atoms with Crippen LogP contribution in [0.4, 0.5) is 0 Å². The molecule has 0 aliphatic heterocycles. The van der Waals surface area contributed by atoms with E-state index in [0.29, 0.717) is 0 Å². The molecule has 1 aromatic heterocycles. The number of rotatable bonds is 4. The van der Waals surface area contributed by atoms with Crippen molar-refractivity contribution in [2.24, 2.45) is 5.10 Å². The summed E-state index contributed by atoms with van der Waals surface area (Å²) in [6.07, 6.45) is 5.33. The molecule has 1 heterocycles. The number of hydrogen-bond acceptors (Lipinski definition) is 2. The SMILES string of the molecule is Cc1ccccc1/C=N/NC(=O)C[n+]1ccccc1. The highest BCUT2D eigenvalue weighted by atomic mass is 16.2. The van der Waals surface area contributed by atoms with Gasteiger partial charge in [0.15, 0.2) is 12.4 Å². The number of carbonyl (C=O) groups is 1. The molecule has 0 atom stereocenters. The monoisotopic (exact) mass is 254 g/mol. The summed E-state index contributed by atoms with van der Waals surface area (Å²) < 4.78 is 1.79. The van der Waals surface area contributed by atoms with Gasteiger partial charge < -0.3 is 0 Å². The van der Waals surface area contributed by atoms with E-state index in [2.05, 4.69) is 10.5 Å². The van der Waals surface area contributed by atoms with Gasteiger partial charge in [-0.05, 0) is 18.1 Å². The fourth-order valence-corrected chi connectivity index (χ4v) is 1.65. The van der Waals surface area contributed by atoms with Crippen molar-refractivity contribution in [1.82, 2.24) is 5.43 Å². The van der Waals surface area contributed by atoms with Gasteiger partial charge in [0.2, 0.25) is 6.54 Å². The van der Waals surface area contributed by atoms with Crippen molar-refractivity contribution >= 4 is 12.1 Å². The van der Waals surface area contributed by atoms with Crippen molar-refractivity contribution in [3.05, 3.63) is 66.0 Å². The zero-order chi connectivity index (χ0) is 13.5. The van der Waals surface area contributed by atoms with Gasteiger partial charge in [0, 0.05) is 12.1 Å². The van der Waals surface area contributed by atoms with E-state index in [1.54, 1.807) is 10.8 Å². The molecule has 1 amide bonds. The van der Waals surface area contributed by atoms with Crippen molar-refractivity contribution in [1.29, 1.82) is 0 Å². The summed E-state index contributed by atoms with van der Waals surface area (Å²) in [7, 11) is 0. The van der Waals surface area contributed by atoms with Gasteiger partial charge >= 0.3 is 5.91 Å². The van der Waals surface area contributed by atoms with Gasteiger partial charge in [-0.3, -0.25) is 4.79 Å². The molecule has 0 aliphatic carbocycles. The molecule has 1 N–H and O–H groups in total. The van der Waals surface area contributed by atoms with Crippen LogP contribution in [-0.4, -0.2) is 12.1 Å². The van der Waals surface area contributed by atoms with Gasteiger partial charge in [0.1, 0.15) is 0 Å². The Morgan fingerprint density at radius 2 is 1.95 bits per heavy atom. The van der Waals surface area contributed by atoms with Crippen LogP contribution >= 0.6 is 0 Å². The fraction of sp³-hybridized carbons (Fsp3) is 0.133. The molecular formula is C15H16N3O+. The van der Waals surface area contributed by atoms with Gasteiger partial charge in [-0.1, -0.05) is 30.3 Å². The first-order valence-corrected chi connectivity index (χ1v) is 6.07. The van der Waals surface area contributed by atoms with Crippen molar-refractivity contribution < 1.29 is 9.36 Å². The molecule has 0 fully saturated rings. The Morgan fingerprint density at radius 3 is 2.68 bits per heavy atom. The number of nitrogens with zero attached hydrogens (tertiary/aromatic N) is 2. The molecule has 4 nitrogen and oxygen atoms in total. The summed E-state index contributed by atoms with van der Waals surface area (Å²) in [5.41, 5.74) is 4.64.